The highest BCUT2D eigenvalue weighted by Gasteiger charge is 2.17. The molecule has 0 saturated heterocycles. The largest absolute Gasteiger partial charge is 0.354 e. The van der Waals surface area contributed by atoms with Crippen molar-refractivity contribution >= 4 is 5.91 Å². The molecule has 29 heavy (non-hydrogen) atoms. The van der Waals surface area contributed by atoms with E-state index in [4.69, 9.17) is 0 Å². The molecule has 0 spiro atoms. The molecular weight excluding hydrogens is 364 g/mol. The zero-order chi connectivity index (χ0) is 21.6. The van der Waals surface area contributed by atoms with Crippen LogP contribution in [0.25, 0.3) is 0 Å². The van der Waals surface area contributed by atoms with Crippen LogP contribution in [0.5, 0.6) is 0 Å². The minimum absolute atomic E-state index is 0.0504. The van der Waals surface area contributed by atoms with E-state index >= 15 is 0 Å². The first-order chi connectivity index (χ1) is 13.8. The Morgan fingerprint density at radius 2 is 1.90 bits per heavy atom. The van der Waals surface area contributed by atoms with Gasteiger partial charge in [-0.05, 0) is 63.0 Å². The molecule has 1 heterocycles. The van der Waals surface area contributed by atoms with Crippen molar-refractivity contribution in [1.29, 1.82) is 5.26 Å². The average Bonchev–Trinajstić information content (AvgIpc) is 2.68. The van der Waals surface area contributed by atoms with Crippen LogP contribution in [-0.2, 0) is 17.6 Å². The van der Waals surface area contributed by atoms with Crippen molar-refractivity contribution in [3.8, 4) is 6.07 Å². The number of nitrogens with zero attached hydrogens (tertiary/aromatic N) is 2. The maximum atomic E-state index is 12.5. The topological polar surface area (TPSA) is 89.0 Å². The van der Waals surface area contributed by atoms with Gasteiger partial charge in [0.2, 0.25) is 5.91 Å². The zero-order valence-electron chi connectivity index (χ0n) is 17.9. The van der Waals surface area contributed by atoms with Gasteiger partial charge in [-0.25, -0.2) is 0 Å². The number of amides is 1. The second kappa shape index (κ2) is 10.0. The summed E-state index contributed by atoms with van der Waals surface area (Å²) in [5.41, 5.74) is 4.42. The van der Waals surface area contributed by atoms with Gasteiger partial charge in [0.1, 0.15) is 11.6 Å². The van der Waals surface area contributed by atoms with Gasteiger partial charge in [0.05, 0.1) is 6.04 Å². The van der Waals surface area contributed by atoms with Gasteiger partial charge in [-0.1, -0.05) is 31.2 Å². The molecule has 1 aromatic carbocycles. The average molecular weight is 395 g/mol. The third kappa shape index (κ3) is 5.55. The van der Waals surface area contributed by atoms with Gasteiger partial charge in [0, 0.05) is 18.7 Å². The number of nitrogens with one attached hydrogen (secondary N) is 2. The number of likely N-dealkylation sites (N-methyl/N-ethyl adjacent to an activating group) is 1. The van der Waals surface area contributed by atoms with Crippen molar-refractivity contribution in [2.75, 3.05) is 20.6 Å². The van der Waals surface area contributed by atoms with E-state index in [1.807, 2.05) is 20.2 Å². The summed E-state index contributed by atoms with van der Waals surface area (Å²) in [6.07, 6.45) is 1.78. The van der Waals surface area contributed by atoms with Crippen molar-refractivity contribution in [1.82, 2.24) is 15.2 Å². The van der Waals surface area contributed by atoms with Gasteiger partial charge in [-0.3, -0.25) is 9.59 Å². The number of H-pyrrole nitrogens is 1. The Bertz CT molecular complexity index is 953. The molecule has 1 amide bonds. The van der Waals surface area contributed by atoms with E-state index in [2.05, 4.69) is 46.4 Å². The van der Waals surface area contributed by atoms with Crippen LogP contribution >= 0.6 is 0 Å². The monoisotopic (exact) mass is 394 g/mol. The van der Waals surface area contributed by atoms with Crippen LogP contribution in [0.1, 0.15) is 52.9 Å². The van der Waals surface area contributed by atoms with Crippen LogP contribution in [0.2, 0.25) is 0 Å². The number of aromatic nitrogens is 1. The summed E-state index contributed by atoms with van der Waals surface area (Å²) in [7, 11) is 4.00. The molecule has 2 rings (SSSR count). The number of carbonyl (C=O) groups excluding carboxylic acids is 1. The second-order valence-electron chi connectivity index (χ2n) is 7.55. The minimum Gasteiger partial charge on any atom is -0.354 e. The SMILES string of the molecule is CCc1ccc(C(CNC(=O)CCc2c(C)[nH]c(=O)c(C#N)c2C)N(C)C)cc1. The normalized spacial score (nSPS) is 11.9. The highest BCUT2D eigenvalue weighted by atomic mass is 16.1. The van der Waals surface area contributed by atoms with E-state index < -0.39 is 0 Å². The van der Waals surface area contributed by atoms with Crippen LogP contribution in [-0.4, -0.2) is 36.4 Å². The van der Waals surface area contributed by atoms with Crippen molar-refractivity contribution < 1.29 is 4.79 Å². The lowest BCUT2D eigenvalue weighted by Gasteiger charge is -2.25. The van der Waals surface area contributed by atoms with E-state index in [-0.39, 0.29) is 23.1 Å². The standard InChI is InChI=1S/C23H30N4O2/c1-6-17-7-9-18(10-8-17)21(27(4)5)14-25-22(28)12-11-19-15(2)20(13-24)23(29)26-16(19)3/h7-10,21H,6,11-12,14H2,1-5H3,(H,25,28)(H,26,29). The first-order valence-electron chi connectivity index (χ1n) is 9.92. The fourth-order valence-electron chi connectivity index (χ4n) is 3.53. The van der Waals surface area contributed by atoms with Gasteiger partial charge in [-0.15, -0.1) is 0 Å². The smallest absolute Gasteiger partial charge is 0.266 e. The highest BCUT2D eigenvalue weighted by molar-refractivity contribution is 5.76. The molecule has 1 atom stereocenters. The lowest BCUT2D eigenvalue weighted by Crippen LogP contribution is -2.34. The molecule has 1 aromatic heterocycles. The first-order valence-corrected chi connectivity index (χ1v) is 9.92. The van der Waals surface area contributed by atoms with E-state index in [0.717, 1.165) is 12.0 Å². The fourth-order valence-corrected chi connectivity index (χ4v) is 3.53. The number of pyridine rings is 1. The number of aromatic amines is 1. The fraction of sp³-hybridized carbons (Fsp3) is 0.435. The summed E-state index contributed by atoms with van der Waals surface area (Å²) in [5.74, 6) is -0.0504. The maximum Gasteiger partial charge on any atom is 0.266 e. The molecule has 0 fully saturated rings. The quantitative estimate of drug-likeness (QED) is 0.720. The van der Waals surface area contributed by atoms with Crippen molar-refractivity contribution in [2.24, 2.45) is 0 Å². The maximum absolute atomic E-state index is 12.5. The van der Waals surface area contributed by atoms with E-state index in [0.29, 0.717) is 30.6 Å². The number of aryl methyl sites for hydroxylation is 2. The predicted octanol–water partition coefficient (Wildman–Crippen LogP) is 2.78. The van der Waals surface area contributed by atoms with Crippen molar-refractivity contribution in [3.63, 3.8) is 0 Å². The predicted molar refractivity (Wildman–Crippen MR) is 115 cm³/mol. The summed E-state index contributed by atoms with van der Waals surface area (Å²) in [5, 5.41) is 12.2. The molecule has 1 unspecified atom stereocenters. The Morgan fingerprint density at radius 3 is 2.45 bits per heavy atom. The van der Waals surface area contributed by atoms with Crippen LogP contribution in [0, 0.1) is 25.2 Å². The molecule has 0 aliphatic heterocycles. The van der Waals surface area contributed by atoms with E-state index in [1.54, 1.807) is 13.8 Å². The van der Waals surface area contributed by atoms with Gasteiger partial charge < -0.3 is 15.2 Å². The summed E-state index contributed by atoms with van der Waals surface area (Å²) in [6.45, 7) is 6.20. The summed E-state index contributed by atoms with van der Waals surface area (Å²) < 4.78 is 0. The molecule has 6 nitrogen and oxygen atoms in total. The molecular formula is C23H30N4O2. The molecule has 0 saturated carbocycles. The molecule has 2 aromatic rings. The molecule has 0 bridgehead atoms. The Labute approximate surface area is 172 Å². The molecule has 0 aliphatic carbocycles. The highest BCUT2D eigenvalue weighted by Crippen LogP contribution is 2.19. The number of nitriles is 1. The summed E-state index contributed by atoms with van der Waals surface area (Å²) in [4.78, 5) is 29.1. The van der Waals surface area contributed by atoms with Crippen molar-refractivity contribution in [2.45, 2.75) is 46.1 Å². The van der Waals surface area contributed by atoms with Crippen LogP contribution in [0.4, 0.5) is 0 Å². The first kappa shape index (κ1) is 22.4. The molecule has 0 radical (unpaired) electrons. The number of rotatable bonds is 8. The number of hydrogen-bond donors (Lipinski definition) is 2. The molecule has 0 aliphatic rings. The minimum atomic E-state index is -0.376. The van der Waals surface area contributed by atoms with Crippen LogP contribution in [0.3, 0.4) is 0 Å². The Morgan fingerprint density at radius 1 is 1.24 bits per heavy atom. The third-order valence-electron chi connectivity index (χ3n) is 5.41. The Balaban J connectivity index is 2.01. The van der Waals surface area contributed by atoms with Crippen molar-refractivity contribution in [3.05, 3.63) is 68.1 Å². The summed E-state index contributed by atoms with van der Waals surface area (Å²) >= 11 is 0. The molecule has 6 heteroatoms. The third-order valence-corrected chi connectivity index (χ3v) is 5.41. The Kier molecular flexibility index (Phi) is 7.74. The van der Waals surface area contributed by atoms with Gasteiger partial charge >= 0.3 is 0 Å². The number of benzene rings is 1. The van der Waals surface area contributed by atoms with Crippen LogP contribution in [0.15, 0.2) is 29.1 Å². The number of hydrogen-bond acceptors (Lipinski definition) is 4. The number of carbonyl (C=O) groups is 1. The summed E-state index contributed by atoms with van der Waals surface area (Å²) in [6, 6.07) is 10.5. The lowest BCUT2D eigenvalue weighted by molar-refractivity contribution is -0.121. The molecule has 2 N–H and O–H groups in total. The zero-order valence-corrected chi connectivity index (χ0v) is 17.9. The lowest BCUT2D eigenvalue weighted by atomic mass is 9.99. The van der Waals surface area contributed by atoms with Gasteiger partial charge in [0.15, 0.2) is 0 Å². The van der Waals surface area contributed by atoms with Gasteiger partial charge in [0.25, 0.3) is 5.56 Å². The van der Waals surface area contributed by atoms with Crippen LogP contribution < -0.4 is 10.9 Å². The second-order valence-corrected chi connectivity index (χ2v) is 7.55. The van der Waals surface area contributed by atoms with E-state index in [9.17, 15) is 14.9 Å². The molecule has 154 valence electrons. The van der Waals surface area contributed by atoms with Gasteiger partial charge in [-0.2, -0.15) is 5.26 Å². The van der Waals surface area contributed by atoms with E-state index in [1.165, 1.54) is 11.1 Å². The Hall–Kier alpha value is -2.91.